The average Bonchev–Trinajstić information content (AvgIpc) is 2.99. The molecule has 0 bridgehead atoms. The van der Waals surface area contributed by atoms with E-state index in [1.165, 1.54) is 7.11 Å². The molecule has 0 aromatic heterocycles. The summed E-state index contributed by atoms with van der Waals surface area (Å²) >= 11 is 0. The van der Waals surface area contributed by atoms with Crippen LogP contribution in [0.3, 0.4) is 0 Å². The van der Waals surface area contributed by atoms with Crippen LogP contribution in [-0.2, 0) is 20.9 Å². The molecule has 0 unspecified atom stereocenters. The molecular weight excluding hydrogens is 376 g/mol. The van der Waals surface area contributed by atoms with Gasteiger partial charge in [0.15, 0.2) is 0 Å². The number of imide groups is 1. The van der Waals surface area contributed by atoms with Crippen molar-refractivity contribution in [2.75, 3.05) is 46.5 Å². The summed E-state index contributed by atoms with van der Waals surface area (Å²) in [6, 6.07) is 5.88. The number of morpholine rings is 1. The molecule has 29 heavy (non-hydrogen) atoms. The Labute approximate surface area is 170 Å². The number of urea groups is 1. The van der Waals surface area contributed by atoms with Gasteiger partial charge in [-0.15, -0.1) is 0 Å². The van der Waals surface area contributed by atoms with Crippen molar-refractivity contribution >= 4 is 17.8 Å². The zero-order chi connectivity index (χ0) is 20.6. The second-order valence-corrected chi connectivity index (χ2v) is 7.10. The van der Waals surface area contributed by atoms with Crippen molar-refractivity contribution < 1.29 is 23.9 Å². The quantitative estimate of drug-likeness (QED) is 0.455. The predicted molar refractivity (Wildman–Crippen MR) is 105 cm³/mol. The summed E-state index contributed by atoms with van der Waals surface area (Å²) in [5.74, 6) is -0.0382. The molecule has 4 amide bonds. The van der Waals surface area contributed by atoms with Gasteiger partial charge in [-0.1, -0.05) is 18.2 Å². The van der Waals surface area contributed by atoms with Crippen LogP contribution in [0.15, 0.2) is 24.3 Å². The number of hydrogen-bond acceptors (Lipinski definition) is 6. The smallest absolute Gasteiger partial charge is 0.325 e. The normalized spacial score (nSPS) is 19.9. The molecule has 1 aromatic rings. The fourth-order valence-corrected chi connectivity index (χ4v) is 3.48. The lowest BCUT2D eigenvalue weighted by Gasteiger charge is -2.26. The third kappa shape index (κ3) is 5.68. The summed E-state index contributed by atoms with van der Waals surface area (Å²) in [5.41, 5.74) is 0.728. The van der Waals surface area contributed by atoms with E-state index in [0.29, 0.717) is 12.3 Å². The molecule has 1 atom stereocenters. The van der Waals surface area contributed by atoms with E-state index in [9.17, 15) is 14.4 Å². The number of nitrogens with zero attached hydrogens (tertiary/aromatic N) is 2. The highest BCUT2D eigenvalue weighted by Crippen LogP contribution is 2.21. The van der Waals surface area contributed by atoms with Crippen LogP contribution in [0.2, 0.25) is 0 Å². The maximum absolute atomic E-state index is 12.6. The van der Waals surface area contributed by atoms with Crippen LogP contribution in [0.1, 0.15) is 18.4 Å². The number of carbonyl (C=O) groups is 3. The van der Waals surface area contributed by atoms with Gasteiger partial charge in [0.25, 0.3) is 5.91 Å². The Kier molecular flexibility index (Phi) is 7.42. The minimum absolute atomic E-state index is 0.0649. The predicted octanol–water partition coefficient (Wildman–Crippen LogP) is 0.344. The zero-order valence-electron chi connectivity index (χ0n) is 16.7. The molecule has 2 heterocycles. The SMILES string of the molecule is COc1ccccc1CN1C(=O)N[C@H](CC(=O)NCCCN2CCOCC2)C1=O. The molecule has 9 nitrogen and oxygen atoms in total. The van der Waals surface area contributed by atoms with Crippen molar-refractivity contribution in [3.8, 4) is 5.75 Å². The van der Waals surface area contributed by atoms with Crippen LogP contribution in [-0.4, -0.2) is 80.2 Å². The van der Waals surface area contributed by atoms with Crippen molar-refractivity contribution in [2.45, 2.75) is 25.4 Å². The van der Waals surface area contributed by atoms with E-state index in [1.54, 1.807) is 12.1 Å². The van der Waals surface area contributed by atoms with Crippen molar-refractivity contribution in [1.82, 2.24) is 20.4 Å². The number of benzene rings is 1. The molecule has 2 aliphatic rings. The molecule has 2 saturated heterocycles. The number of nitrogens with one attached hydrogen (secondary N) is 2. The highest BCUT2D eigenvalue weighted by Gasteiger charge is 2.39. The van der Waals surface area contributed by atoms with Gasteiger partial charge >= 0.3 is 6.03 Å². The summed E-state index contributed by atoms with van der Waals surface area (Å²) in [7, 11) is 1.54. The third-order valence-electron chi connectivity index (χ3n) is 5.09. The lowest BCUT2D eigenvalue weighted by molar-refractivity contribution is -0.131. The summed E-state index contributed by atoms with van der Waals surface area (Å²) in [5, 5.41) is 5.43. The fourth-order valence-electron chi connectivity index (χ4n) is 3.48. The Hall–Kier alpha value is -2.65. The van der Waals surface area contributed by atoms with Crippen LogP contribution < -0.4 is 15.4 Å². The van der Waals surface area contributed by atoms with Crippen molar-refractivity contribution in [1.29, 1.82) is 0 Å². The summed E-state index contributed by atoms with van der Waals surface area (Å²) in [6.45, 7) is 4.87. The molecule has 0 radical (unpaired) electrons. The van der Waals surface area contributed by atoms with Gasteiger partial charge in [-0.2, -0.15) is 0 Å². The van der Waals surface area contributed by atoms with Crippen LogP contribution in [0.5, 0.6) is 5.75 Å². The van der Waals surface area contributed by atoms with Gasteiger partial charge in [0, 0.05) is 25.2 Å². The molecule has 2 N–H and O–H groups in total. The maximum Gasteiger partial charge on any atom is 0.325 e. The molecule has 158 valence electrons. The Morgan fingerprint density at radius 1 is 1.28 bits per heavy atom. The van der Waals surface area contributed by atoms with E-state index >= 15 is 0 Å². The van der Waals surface area contributed by atoms with Crippen molar-refractivity contribution in [2.24, 2.45) is 0 Å². The molecule has 9 heteroatoms. The molecule has 3 rings (SSSR count). The van der Waals surface area contributed by atoms with E-state index in [0.717, 1.165) is 49.7 Å². The van der Waals surface area contributed by atoms with Crippen LogP contribution in [0.25, 0.3) is 0 Å². The number of amides is 4. The Bertz CT molecular complexity index is 735. The Morgan fingerprint density at radius 3 is 2.79 bits per heavy atom. The maximum atomic E-state index is 12.6. The first kappa shape index (κ1) is 21.1. The fraction of sp³-hybridized carbons (Fsp3) is 0.550. The number of ether oxygens (including phenoxy) is 2. The molecular formula is C20H28N4O5. The van der Waals surface area contributed by atoms with E-state index < -0.39 is 18.0 Å². The number of carbonyl (C=O) groups excluding carboxylic acids is 3. The number of rotatable bonds is 9. The van der Waals surface area contributed by atoms with Gasteiger partial charge in [0.1, 0.15) is 11.8 Å². The lowest BCUT2D eigenvalue weighted by atomic mass is 10.1. The molecule has 1 aromatic carbocycles. The largest absolute Gasteiger partial charge is 0.496 e. The second kappa shape index (κ2) is 10.2. The lowest BCUT2D eigenvalue weighted by Crippen LogP contribution is -2.39. The summed E-state index contributed by atoms with van der Waals surface area (Å²) in [4.78, 5) is 40.4. The molecule has 2 fully saturated rings. The van der Waals surface area contributed by atoms with Crippen LogP contribution >= 0.6 is 0 Å². The summed E-state index contributed by atoms with van der Waals surface area (Å²) < 4.78 is 10.6. The highest BCUT2D eigenvalue weighted by molar-refractivity contribution is 6.05. The molecule has 0 saturated carbocycles. The summed E-state index contributed by atoms with van der Waals surface area (Å²) in [6.07, 6.45) is 0.765. The minimum Gasteiger partial charge on any atom is -0.496 e. The first-order valence-electron chi connectivity index (χ1n) is 9.89. The van der Waals surface area contributed by atoms with Gasteiger partial charge < -0.3 is 20.1 Å². The standard InChI is InChI=1S/C20H28N4O5/c1-28-17-6-3-2-5-15(17)14-24-19(26)16(22-20(24)27)13-18(25)21-7-4-8-23-9-11-29-12-10-23/h2-3,5-6,16H,4,7-14H2,1H3,(H,21,25)(H,22,27)/t16-/m1/s1. The van der Waals surface area contributed by atoms with Gasteiger partial charge in [0.05, 0.1) is 33.3 Å². The molecule has 0 aliphatic carbocycles. The van der Waals surface area contributed by atoms with Crippen LogP contribution in [0.4, 0.5) is 4.79 Å². The van der Waals surface area contributed by atoms with E-state index in [1.807, 2.05) is 12.1 Å². The van der Waals surface area contributed by atoms with Gasteiger partial charge in [0.2, 0.25) is 5.91 Å². The van der Waals surface area contributed by atoms with Crippen molar-refractivity contribution in [3.05, 3.63) is 29.8 Å². The number of methoxy groups -OCH3 is 1. The van der Waals surface area contributed by atoms with Gasteiger partial charge in [-0.25, -0.2) is 4.79 Å². The first-order valence-corrected chi connectivity index (χ1v) is 9.89. The van der Waals surface area contributed by atoms with E-state index in [2.05, 4.69) is 15.5 Å². The van der Waals surface area contributed by atoms with Gasteiger partial charge in [-0.05, 0) is 19.0 Å². The molecule has 0 spiro atoms. The zero-order valence-corrected chi connectivity index (χ0v) is 16.7. The monoisotopic (exact) mass is 404 g/mol. The van der Waals surface area contributed by atoms with Crippen LogP contribution in [0, 0.1) is 0 Å². The Morgan fingerprint density at radius 2 is 2.03 bits per heavy atom. The van der Waals surface area contributed by atoms with Gasteiger partial charge in [-0.3, -0.25) is 19.4 Å². The third-order valence-corrected chi connectivity index (χ3v) is 5.09. The molecule has 2 aliphatic heterocycles. The first-order chi connectivity index (χ1) is 14.1. The Balaban J connectivity index is 1.43. The number of hydrogen-bond donors (Lipinski definition) is 2. The van der Waals surface area contributed by atoms with E-state index in [-0.39, 0.29) is 18.9 Å². The van der Waals surface area contributed by atoms with Crippen molar-refractivity contribution in [3.63, 3.8) is 0 Å². The topological polar surface area (TPSA) is 100 Å². The number of para-hydroxylation sites is 1. The minimum atomic E-state index is -0.837. The highest BCUT2D eigenvalue weighted by atomic mass is 16.5. The second-order valence-electron chi connectivity index (χ2n) is 7.10. The van der Waals surface area contributed by atoms with E-state index in [4.69, 9.17) is 9.47 Å². The average molecular weight is 404 g/mol.